The highest BCUT2D eigenvalue weighted by atomic mass is 15.2. The van der Waals surface area contributed by atoms with Gasteiger partial charge in [0.05, 0.1) is 0 Å². The van der Waals surface area contributed by atoms with Crippen LogP contribution in [0.2, 0.25) is 0 Å². The van der Waals surface area contributed by atoms with Crippen molar-refractivity contribution in [2.75, 3.05) is 0 Å². The molecule has 0 bridgehead atoms. The molecule has 0 radical (unpaired) electrons. The Morgan fingerprint density at radius 2 is 1.90 bits per heavy atom. The maximum atomic E-state index is 8.17. The number of hydrazine groups is 1. The van der Waals surface area contributed by atoms with Crippen molar-refractivity contribution in [3.05, 3.63) is 11.4 Å². The molecule has 0 fully saturated rings. The molecule has 0 aliphatic rings. The first kappa shape index (κ1) is 11.6. The molecule has 0 unspecified atom stereocenters. The van der Waals surface area contributed by atoms with Crippen LogP contribution in [0.1, 0.15) is 20.8 Å². The van der Waals surface area contributed by atoms with E-state index >= 15 is 0 Å². The predicted molar refractivity (Wildman–Crippen MR) is 41.2 cm³/mol. The zero-order chi connectivity index (χ0) is 8.57. The average Bonchev–Trinajstić information content (AvgIpc) is 1.94. The third-order valence-electron chi connectivity index (χ3n) is 0.650. The predicted octanol–water partition coefficient (Wildman–Crippen LogP) is 0.190. The quantitative estimate of drug-likeness (QED) is 0.277. The van der Waals surface area contributed by atoms with E-state index in [1.54, 1.807) is 13.0 Å². The molecule has 0 aromatic heterocycles. The van der Waals surface area contributed by atoms with Crippen LogP contribution in [-0.2, 0) is 0 Å². The topological polar surface area (TPSA) is 87.9 Å². The van der Waals surface area contributed by atoms with Crippen LogP contribution in [-0.4, -0.2) is 0 Å². The first-order valence-electron chi connectivity index (χ1n) is 3.05. The highest BCUT2D eigenvalue weighted by molar-refractivity contribution is 5.21. The molecular formula is C6H14N4. The van der Waals surface area contributed by atoms with E-state index in [1.165, 1.54) is 0 Å². The second kappa shape index (κ2) is 7.79. The van der Waals surface area contributed by atoms with Crippen molar-refractivity contribution in [1.82, 2.24) is 5.43 Å². The van der Waals surface area contributed by atoms with Gasteiger partial charge in [-0.05, 0) is 6.92 Å². The van der Waals surface area contributed by atoms with Crippen LogP contribution in [0.4, 0.5) is 0 Å². The number of allylic oxidation sites excluding steroid dienone is 2. The number of nitriles is 1. The largest absolute Gasteiger partial charge is 0.400 e. The van der Waals surface area contributed by atoms with Crippen molar-refractivity contribution in [2.45, 2.75) is 20.8 Å². The number of nitrogens with zero attached hydrogens (tertiary/aromatic N) is 1. The zero-order valence-corrected chi connectivity index (χ0v) is 6.60. The van der Waals surface area contributed by atoms with Crippen molar-refractivity contribution in [1.29, 1.82) is 5.26 Å². The molecule has 0 saturated carbocycles. The lowest BCUT2D eigenvalue weighted by Crippen LogP contribution is -2.22. The van der Waals surface area contributed by atoms with E-state index < -0.39 is 0 Å². The Labute approximate surface area is 61.5 Å². The molecule has 5 N–H and O–H groups in total. The second-order valence-electron chi connectivity index (χ2n) is 1.31. The Kier molecular flexibility index (Phi) is 9.01. The Hall–Kier alpha value is -1.21. The minimum absolute atomic E-state index is 0.213. The van der Waals surface area contributed by atoms with Gasteiger partial charge in [0, 0.05) is 5.70 Å². The third-order valence-corrected chi connectivity index (χ3v) is 0.650. The van der Waals surface area contributed by atoms with Crippen molar-refractivity contribution >= 4 is 0 Å². The van der Waals surface area contributed by atoms with E-state index in [4.69, 9.17) is 16.8 Å². The van der Waals surface area contributed by atoms with Gasteiger partial charge in [-0.15, -0.1) is 0 Å². The van der Waals surface area contributed by atoms with Crippen molar-refractivity contribution < 1.29 is 0 Å². The molecule has 10 heavy (non-hydrogen) atoms. The van der Waals surface area contributed by atoms with Gasteiger partial charge < -0.3 is 11.2 Å². The molecule has 4 nitrogen and oxygen atoms in total. The van der Waals surface area contributed by atoms with Crippen LogP contribution in [0.25, 0.3) is 0 Å². The van der Waals surface area contributed by atoms with E-state index in [-0.39, 0.29) is 5.70 Å². The lowest BCUT2D eigenvalue weighted by atomic mass is 10.4. The maximum absolute atomic E-state index is 8.17. The fraction of sp³-hybridized carbons (Fsp3) is 0.500. The van der Waals surface area contributed by atoms with Gasteiger partial charge in [0.1, 0.15) is 11.8 Å². The summed E-state index contributed by atoms with van der Waals surface area (Å²) in [7, 11) is 0. The first-order chi connectivity index (χ1) is 4.72. The summed E-state index contributed by atoms with van der Waals surface area (Å²) in [4.78, 5) is 0. The molecule has 58 valence electrons. The van der Waals surface area contributed by atoms with Crippen LogP contribution in [0.5, 0.6) is 0 Å². The molecule has 0 atom stereocenters. The lowest BCUT2D eigenvalue weighted by Gasteiger charge is -1.95. The molecule has 0 saturated heterocycles. The Bertz CT molecular complexity index is 138. The molecule has 4 heteroatoms. The maximum Gasteiger partial charge on any atom is 0.146 e. The Balaban J connectivity index is 0. The molecule has 0 aliphatic carbocycles. The van der Waals surface area contributed by atoms with Crippen LogP contribution >= 0.6 is 0 Å². The normalized spacial score (nSPS) is 9.90. The monoisotopic (exact) mass is 142 g/mol. The van der Waals surface area contributed by atoms with Gasteiger partial charge in [-0.2, -0.15) is 5.26 Å². The number of hydrogen-bond donors (Lipinski definition) is 3. The van der Waals surface area contributed by atoms with Crippen molar-refractivity contribution in [3.63, 3.8) is 0 Å². The standard InChI is InChI=1S/C4H8N4.C2H6/c1-3(6)4(2-5)8-7;1-2/h8H,6-7H2,1H3;1-2H3/b4-3-;. The van der Waals surface area contributed by atoms with Gasteiger partial charge in [-0.25, -0.2) is 5.84 Å². The number of rotatable bonds is 1. The summed E-state index contributed by atoms with van der Waals surface area (Å²) in [6, 6.07) is 1.77. The van der Waals surface area contributed by atoms with E-state index in [0.717, 1.165) is 0 Å². The first-order valence-corrected chi connectivity index (χ1v) is 3.05. The number of hydrogen-bond acceptors (Lipinski definition) is 4. The molecular weight excluding hydrogens is 128 g/mol. The van der Waals surface area contributed by atoms with Gasteiger partial charge >= 0.3 is 0 Å². The Morgan fingerprint density at radius 3 is 1.90 bits per heavy atom. The van der Waals surface area contributed by atoms with Crippen LogP contribution in [0.15, 0.2) is 11.4 Å². The summed E-state index contributed by atoms with van der Waals surface area (Å²) in [6.07, 6.45) is 0. The lowest BCUT2D eigenvalue weighted by molar-refractivity contribution is 0.897. The van der Waals surface area contributed by atoms with E-state index in [1.807, 2.05) is 13.8 Å². The fourth-order valence-electron chi connectivity index (χ4n) is 0.234. The van der Waals surface area contributed by atoms with E-state index in [0.29, 0.717) is 5.70 Å². The van der Waals surface area contributed by atoms with Gasteiger partial charge in [-0.3, -0.25) is 0 Å². The molecule has 0 amide bonds. The van der Waals surface area contributed by atoms with Crippen LogP contribution in [0.3, 0.4) is 0 Å². The highest BCUT2D eigenvalue weighted by Gasteiger charge is 1.90. The number of nitrogens with two attached hydrogens (primary N) is 2. The van der Waals surface area contributed by atoms with Gasteiger partial charge in [-0.1, -0.05) is 13.8 Å². The Morgan fingerprint density at radius 1 is 1.50 bits per heavy atom. The highest BCUT2D eigenvalue weighted by Crippen LogP contribution is 1.86. The summed E-state index contributed by atoms with van der Waals surface area (Å²) >= 11 is 0. The second-order valence-corrected chi connectivity index (χ2v) is 1.31. The van der Waals surface area contributed by atoms with Gasteiger partial charge in [0.2, 0.25) is 0 Å². The molecule has 0 rings (SSSR count). The molecule has 0 spiro atoms. The fourth-order valence-corrected chi connectivity index (χ4v) is 0.234. The summed E-state index contributed by atoms with van der Waals surface area (Å²) in [5.41, 5.74) is 7.93. The van der Waals surface area contributed by atoms with E-state index in [2.05, 4.69) is 5.43 Å². The zero-order valence-electron chi connectivity index (χ0n) is 6.60. The number of nitrogens with one attached hydrogen (secondary N) is 1. The summed E-state index contributed by atoms with van der Waals surface area (Å²) in [6.45, 7) is 5.60. The molecule has 0 heterocycles. The smallest absolute Gasteiger partial charge is 0.146 e. The minimum atomic E-state index is 0.213. The molecule has 0 aromatic rings. The minimum Gasteiger partial charge on any atom is -0.400 e. The van der Waals surface area contributed by atoms with Crippen molar-refractivity contribution in [2.24, 2.45) is 11.6 Å². The van der Waals surface area contributed by atoms with Crippen LogP contribution in [0, 0.1) is 11.3 Å². The summed E-state index contributed by atoms with van der Waals surface area (Å²) < 4.78 is 0. The van der Waals surface area contributed by atoms with Crippen LogP contribution < -0.4 is 17.0 Å². The molecule has 0 aliphatic heterocycles. The summed E-state index contributed by atoms with van der Waals surface area (Å²) in [5, 5.41) is 8.17. The third kappa shape index (κ3) is 4.94. The van der Waals surface area contributed by atoms with Gasteiger partial charge in [0.25, 0.3) is 0 Å². The summed E-state index contributed by atoms with van der Waals surface area (Å²) in [5.74, 6) is 4.87. The van der Waals surface area contributed by atoms with Gasteiger partial charge in [0.15, 0.2) is 0 Å². The SMILES string of the molecule is C/C(N)=C(\C#N)NN.CC. The molecule has 0 aromatic carbocycles. The van der Waals surface area contributed by atoms with E-state index in [9.17, 15) is 0 Å². The van der Waals surface area contributed by atoms with Crippen molar-refractivity contribution in [3.8, 4) is 6.07 Å². The average molecular weight is 142 g/mol.